The van der Waals surface area contributed by atoms with Gasteiger partial charge in [0, 0.05) is 39.4 Å². The van der Waals surface area contributed by atoms with E-state index >= 15 is 0 Å². The van der Waals surface area contributed by atoms with Crippen LogP contribution in [0.4, 0.5) is 5.69 Å². The second kappa shape index (κ2) is 5.44. The first-order valence-electron chi connectivity index (χ1n) is 6.55. The fourth-order valence-corrected chi connectivity index (χ4v) is 2.46. The van der Waals surface area contributed by atoms with Crippen LogP contribution in [-0.2, 0) is 7.05 Å². The van der Waals surface area contributed by atoms with Crippen LogP contribution in [0.2, 0.25) is 0 Å². The average molecular weight is 250 g/mol. The molecule has 2 heterocycles. The van der Waals surface area contributed by atoms with Crippen LogP contribution in [0.5, 0.6) is 0 Å². The topological polar surface area (TPSA) is 54.5 Å². The number of carbonyl (C=O) groups excluding carboxylic acids is 1. The molecule has 1 aliphatic heterocycles. The van der Waals surface area contributed by atoms with E-state index in [0.717, 1.165) is 32.7 Å². The Morgan fingerprint density at radius 1 is 1.33 bits per heavy atom. The first-order valence-corrected chi connectivity index (χ1v) is 6.55. The van der Waals surface area contributed by atoms with E-state index in [-0.39, 0.29) is 5.91 Å². The summed E-state index contributed by atoms with van der Waals surface area (Å²) >= 11 is 0. The molecule has 1 aromatic heterocycles. The van der Waals surface area contributed by atoms with Crippen molar-refractivity contribution in [2.45, 2.75) is 13.3 Å². The minimum absolute atomic E-state index is 0.0883. The number of aryl methyl sites for hydroxylation is 1. The molecule has 0 radical (unpaired) electrons. The van der Waals surface area contributed by atoms with E-state index in [9.17, 15) is 4.79 Å². The Bertz CT molecular complexity index is 419. The second-order valence-electron chi connectivity index (χ2n) is 4.90. The number of nitrogens with two attached hydrogens (primary N) is 1. The van der Waals surface area contributed by atoms with Gasteiger partial charge in [0.1, 0.15) is 5.69 Å². The van der Waals surface area contributed by atoms with Crippen LogP contribution in [0.1, 0.15) is 23.8 Å². The molecular formula is C13H22N4O. The standard InChI is InChI=1S/C13H22N4O/c1-3-4-16-5-7-17(8-6-16)13(18)12-9-11(14)10-15(12)2/h9-10H,3-8,14H2,1-2H3. The summed E-state index contributed by atoms with van der Waals surface area (Å²) in [4.78, 5) is 16.7. The van der Waals surface area contributed by atoms with Crippen LogP contribution in [0.25, 0.3) is 0 Å². The quantitative estimate of drug-likeness (QED) is 0.862. The van der Waals surface area contributed by atoms with Gasteiger partial charge in [0.2, 0.25) is 0 Å². The van der Waals surface area contributed by atoms with Gasteiger partial charge < -0.3 is 15.2 Å². The Balaban J connectivity index is 1.97. The summed E-state index contributed by atoms with van der Waals surface area (Å²) < 4.78 is 1.80. The molecular weight excluding hydrogens is 228 g/mol. The van der Waals surface area contributed by atoms with Gasteiger partial charge in [-0.3, -0.25) is 9.69 Å². The lowest BCUT2D eigenvalue weighted by atomic mass is 10.2. The number of hydrogen-bond donors (Lipinski definition) is 1. The third-order valence-corrected chi connectivity index (χ3v) is 3.44. The summed E-state index contributed by atoms with van der Waals surface area (Å²) in [5, 5.41) is 0. The van der Waals surface area contributed by atoms with Crippen LogP contribution in [0, 0.1) is 0 Å². The maximum Gasteiger partial charge on any atom is 0.270 e. The zero-order valence-electron chi connectivity index (χ0n) is 11.2. The molecule has 0 aliphatic carbocycles. The van der Waals surface area contributed by atoms with E-state index in [4.69, 9.17) is 5.73 Å². The lowest BCUT2D eigenvalue weighted by molar-refractivity contribution is 0.0628. The summed E-state index contributed by atoms with van der Waals surface area (Å²) in [6, 6.07) is 1.75. The SMILES string of the molecule is CCCN1CCN(C(=O)c2cc(N)cn2C)CC1. The molecule has 1 aliphatic rings. The molecule has 5 heteroatoms. The zero-order valence-corrected chi connectivity index (χ0v) is 11.2. The Hall–Kier alpha value is -1.49. The van der Waals surface area contributed by atoms with Crippen molar-refractivity contribution in [2.75, 3.05) is 38.5 Å². The van der Waals surface area contributed by atoms with Gasteiger partial charge in [0.25, 0.3) is 5.91 Å². The maximum atomic E-state index is 12.3. The minimum atomic E-state index is 0.0883. The summed E-state index contributed by atoms with van der Waals surface area (Å²) in [5.41, 5.74) is 7.03. The lowest BCUT2D eigenvalue weighted by Gasteiger charge is -2.34. The summed E-state index contributed by atoms with van der Waals surface area (Å²) in [7, 11) is 1.86. The highest BCUT2D eigenvalue weighted by atomic mass is 16.2. The number of aromatic nitrogens is 1. The molecule has 1 amide bonds. The van der Waals surface area contributed by atoms with E-state index in [0.29, 0.717) is 11.4 Å². The van der Waals surface area contributed by atoms with Crippen molar-refractivity contribution in [2.24, 2.45) is 7.05 Å². The van der Waals surface area contributed by atoms with Gasteiger partial charge in [-0.25, -0.2) is 0 Å². The molecule has 100 valence electrons. The van der Waals surface area contributed by atoms with Gasteiger partial charge >= 0.3 is 0 Å². The first kappa shape index (κ1) is 13.0. The molecule has 2 N–H and O–H groups in total. The van der Waals surface area contributed by atoms with Crippen LogP contribution in [0.15, 0.2) is 12.3 Å². The first-order chi connectivity index (χ1) is 8.61. The van der Waals surface area contributed by atoms with Crippen molar-refractivity contribution < 1.29 is 4.79 Å². The Labute approximate surface area is 108 Å². The smallest absolute Gasteiger partial charge is 0.270 e. The number of hydrogen-bond acceptors (Lipinski definition) is 3. The molecule has 1 fully saturated rings. The molecule has 18 heavy (non-hydrogen) atoms. The highest BCUT2D eigenvalue weighted by Crippen LogP contribution is 2.13. The van der Waals surface area contributed by atoms with Crippen LogP contribution < -0.4 is 5.73 Å². The fraction of sp³-hybridized carbons (Fsp3) is 0.615. The Morgan fingerprint density at radius 3 is 2.50 bits per heavy atom. The van der Waals surface area contributed by atoms with Crippen molar-refractivity contribution in [1.82, 2.24) is 14.4 Å². The summed E-state index contributed by atoms with van der Waals surface area (Å²) in [6.45, 7) is 6.87. The number of rotatable bonds is 3. The van der Waals surface area contributed by atoms with Crippen molar-refractivity contribution >= 4 is 11.6 Å². The molecule has 0 bridgehead atoms. The Morgan fingerprint density at radius 2 is 2.00 bits per heavy atom. The molecule has 0 saturated carbocycles. The van der Waals surface area contributed by atoms with Crippen molar-refractivity contribution in [3.8, 4) is 0 Å². The fourth-order valence-electron chi connectivity index (χ4n) is 2.46. The molecule has 1 saturated heterocycles. The third kappa shape index (κ3) is 2.67. The van der Waals surface area contributed by atoms with Crippen molar-refractivity contribution in [3.05, 3.63) is 18.0 Å². The molecule has 0 atom stereocenters. The highest BCUT2D eigenvalue weighted by molar-refractivity contribution is 5.93. The van der Waals surface area contributed by atoms with Gasteiger partial charge in [-0.1, -0.05) is 6.92 Å². The van der Waals surface area contributed by atoms with E-state index in [1.807, 2.05) is 11.9 Å². The van der Waals surface area contributed by atoms with Gasteiger partial charge in [-0.15, -0.1) is 0 Å². The van der Waals surface area contributed by atoms with Crippen LogP contribution in [-0.4, -0.2) is 53.0 Å². The van der Waals surface area contributed by atoms with Crippen LogP contribution >= 0.6 is 0 Å². The molecule has 0 aromatic carbocycles. The van der Waals surface area contributed by atoms with Gasteiger partial charge in [0.15, 0.2) is 0 Å². The largest absolute Gasteiger partial charge is 0.397 e. The molecule has 0 unspecified atom stereocenters. The molecule has 0 spiro atoms. The van der Waals surface area contributed by atoms with E-state index in [2.05, 4.69) is 11.8 Å². The number of amides is 1. The van der Waals surface area contributed by atoms with E-state index in [1.165, 1.54) is 6.42 Å². The van der Waals surface area contributed by atoms with E-state index < -0.39 is 0 Å². The number of piperazine rings is 1. The number of anilines is 1. The molecule has 2 rings (SSSR count). The number of carbonyl (C=O) groups is 1. The normalized spacial score (nSPS) is 17.1. The van der Waals surface area contributed by atoms with Gasteiger partial charge in [-0.05, 0) is 19.0 Å². The lowest BCUT2D eigenvalue weighted by Crippen LogP contribution is -2.49. The van der Waals surface area contributed by atoms with E-state index in [1.54, 1.807) is 16.8 Å². The minimum Gasteiger partial charge on any atom is -0.397 e. The van der Waals surface area contributed by atoms with Crippen molar-refractivity contribution in [1.29, 1.82) is 0 Å². The summed E-state index contributed by atoms with van der Waals surface area (Å²) in [5.74, 6) is 0.0883. The van der Waals surface area contributed by atoms with Gasteiger partial charge in [0.05, 0.1) is 5.69 Å². The summed E-state index contributed by atoms with van der Waals surface area (Å²) in [6.07, 6.45) is 2.95. The maximum absolute atomic E-state index is 12.3. The third-order valence-electron chi connectivity index (χ3n) is 3.44. The number of nitrogen functional groups attached to an aromatic ring is 1. The number of nitrogens with zero attached hydrogens (tertiary/aromatic N) is 3. The predicted molar refractivity (Wildman–Crippen MR) is 72.5 cm³/mol. The predicted octanol–water partition coefficient (Wildman–Crippen LogP) is 0.775. The monoisotopic (exact) mass is 250 g/mol. The molecule has 5 nitrogen and oxygen atoms in total. The Kier molecular flexibility index (Phi) is 3.91. The molecule has 1 aromatic rings. The van der Waals surface area contributed by atoms with Crippen molar-refractivity contribution in [3.63, 3.8) is 0 Å². The second-order valence-corrected chi connectivity index (χ2v) is 4.90. The van der Waals surface area contributed by atoms with Crippen LogP contribution in [0.3, 0.4) is 0 Å². The average Bonchev–Trinajstić information content (AvgIpc) is 2.69. The zero-order chi connectivity index (χ0) is 13.1. The highest BCUT2D eigenvalue weighted by Gasteiger charge is 2.23. The van der Waals surface area contributed by atoms with Gasteiger partial charge in [-0.2, -0.15) is 0 Å².